The summed E-state index contributed by atoms with van der Waals surface area (Å²) >= 11 is 1.90. The lowest BCUT2D eigenvalue weighted by Crippen LogP contribution is -2.42. The van der Waals surface area contributed by atoms with E-state index in [1.165, 1.54) is 38.1 Å². The second-order valence-electron chi connectivity index (χ2n) is 4.11. The van der Waals surface area contributed by atoms with Crippen molar-refractivity contribution in [3.63, 3.8) is 0 Å². The van der Waals surface area contributed by atoms with Crippen LogP contribution in [0.5, 0.6) is 0 Å². The number of hydrogen-bond acceptors (Lipinski definition) is 3. The van der Waals surface area contributed by atoms with E-state index in [0.29, 0.717) is 6.04 Å². The highest BCUT2D eigenvalue weighted by atomic mass is 32.2. The molecule has 0 spiro atoms. The highest BCUT2D eigenvalue weighted by molar-refractivity contribution is 7.98. The van der Waals surface area contributed by atoms with Crippen molar-refractivity contribution in [2.45, 2.75) is 25.3 Å². The molecule has 0 saturated carbocycles. The molecule has 2 N–H and O–H groups in total. The lowest BCUT2D eigenvalue weighted by molar-refractivity contribution is 0.186. The standard InChI is InChI=1S/C10H22N2S/c1-12-6-3-4-9(8-12)10(11)5-7-13-2/h9-10H,3-8,11H2,1-2H3. The van der Waals surface area contributed by atoms with Crippen molar-refractivity contribution in [3.05, 3.63) is 0 Å². The highest BCUT2D eigenvalue weighted by Crippen LogP contribution is 2.19. The quantitative estimate of drug-likeness (QED) is 0.747. The maximum atomic E-state index is 6.16. The van der Waals surface area contributed by atoms with Gasteiger partial charge in [0.05, 0.1) is 0 Å². The predicted octanol–water partition coefficient (Wildman–Crippen LogP) is 1.41. The second kappa shape index (κ2) is 5.89. The second-order valence-corrected chi connectivity index (χ2v) is 5.10. The van der Waals surface area contributed by atoms with Crippen LogP contribution in [0.25, 0.3) is 0 Å². The number of thioether (sulfide) groups is 1. The first-order valence-corrected chi connectivity index (χ1v) is 6.56. The molecule has 2 atom stereocenters. The maximum Gasteiger partial charge on any atom is 0.00872 e. The summed E-state index contributed by atoms with van der Waals surface area (Å²) in [6.07, 6.45) is 5.99. The Morgan fingerprint density at radius 3 is 3.00 bits per heavy atom. The average molecular weight is 202 g/mol. The van der Waals surface area contributed by atoms with Crippen LogP contribution >= 0.6 is 11.8 Å². The molecule has 0 aromatic rings. The Morgan fingerprint density at radius 1 is 1.62 bits per heavy atom. The molecular weight excluding hydrogens is 180 g/mol. The molecule has 78 valence electrons. The van der Waals surface area contributed by atoms with E-state index in [2.05, 4.69) is 18.2 Å². The summed E-state index contributed by atoms with van der Waals surface area (Å²) in [6.45, 7) is 2.46. The molecular formula is C10H22N2S. The van der Waals surface area contributed by atoms with Crippen molar-refractivity contribution in [3.8, 4) is 0 Å². The minimum Gasteiger partial charge on any atom is -0.327 e. The normalized spacial score (nSPS) is 27.5. The molecule has 0 aliphatic carbocycles. The lowest BCUT2D eigenvalue weighted by Gasteiger charge is -2.33. The van der Waals surface area contributed by atoms with Gasteiger partial charge in [0.2, 0.25) is 0 Å². The van der Waals surface area contributed by atoms with E-state index < -0.39 is 0 Å². The molecule has 1 saturated heterocycles. The van der Waals surface area contributed by atoms with E-state index in [9.17, 15) is 0 Å². The van der Waals surface area contributed by atoms with Crippen molar-refractivity contribution in [2.75, 3.05) is 32.1 Å². The number of likely N-dealkylation sites (tertiary alicyclic amines) is 1. The SMILES string of the molecule is CSCCC(N)C1CCCN(C)C1. The van der Waals surface area contributed by atoms with Gasteiger partial charge in [-0.25, -0.2) is 0 Å². The molecule has 1 heterocycles. The molecule has 13 heavy (non-hydrogen) atoms. The third-order valence-corrected chi connectivity index (χ3v) is 3.57. The molecule has 0 radical (unpaired) electrons. The summed E-state index contributed by atoms with van der Waals surface area (Å²) < 4.78 is 0. The largest absolute Gasteiger partial charge is 0.327 e. The zero-order chi connectivity index (χ0) is 9.68. The third-order valence-electron chi connectivity index (χ3n) is 2.92. The molecule has 0 aromatic heterocycles. The molecule has 1 aliphatic rings. The fourth-order valence-corrected chi connectivity index (χ4v) is 2.55. The van der Waals surface area contributed by atoms with Gasteiger partial charge >= 0.3 is 0 Å². The summed E-state index contributed by atoms with van der Waals surface area (Å²) in [4.78, 5) is 2.41. The van der Waals surface area contributed by atoms with Crippen LogP contribution in [0, 0.1) is 5.92 Å². The van der Waals surface area contributed by atoms with Crippen molar-refractivity contribution < 1.29 is 0 Å². The lowest BCUT2D eigenvalue weighted by atomic mass is 9.90. The average Bonchev–Trinajstić information content (AvgIpc) is 2.14. The smallest absolute Gasteiger partial charge is 0.00872 e. The van der Waals surface area contributed by atoms with Gasteiger partial charge in [-0.05, 0) is 50.8 Å². The fraction of sp³-hybridized carbons (Fsp3) is 1.00. The van der Waals surface area contributed by atoms with Gasteiger partial charge in [0.1, 0.15) is 0 Å². The van der Waals surface area contributed by atoms with Gasteiger partial charge in [-0.2, -0.15) is 11.8 Å². The van der Waals surface area contributed by atoms with Crippen LogP contribution < -0.4 is 5.73 Å². The molecule has 0 aromatic carbocycles. The monoisotopic (exact) mass is 202 g/mol. The number of nitrogens with two attached hydrogens (primary N) is 1. The predicted molar refractivity (Wildman–Crippen MR) is 61.2 cm³/mol. The molecule has 0 amide bonds. The number of rotatable bonds is 4. The Labute approximate surface area is 86.2 Å². The van der Waals surface area contributed by atoms with Crippen molar-refractivity contribution in [1.82, 2.24) is 4.90 Å². The van der Waals surface area contributed by atoms with Crippen molar-refractivity contribution in [2.24, 2.45) is 11.7 Å². The van der Waals surface area contributed by atoms with Gasteiger partial charge < -0.3 is 10.6 Å². The van der Waals surface area contributed by atoms with E-state index in [-0.39, 0.29) is 0 Å². The van der Waals surface area contributed by atoms with Crippen LogP contribution in [0.1, 0.15) is 19.3 Å². The summed E-state index contributed by atoms with van der Waals surface area (Å²) in [5.74, 6) is 1.95. The van der Waals surface area contributed by atoms with Crippen molar-refractivity contribution in [1.29, 1.82) is 0 Å². The number of hydrogen-bond donors (Lipinski definition) is 1. The summed E-state index contributed by atoms with van der Waals surface area (Å²) in [5, 5.41) is 0. The third kappa shape index (κ3) is 3.88. The van der Waals surface area contributed by atoms with Gasteiger partial charge in [-0.15, -0.1) is 0 Å². The van der Waals surface area contributed by atoms with Crippen LogP contribution in [0.3, 0.4) is 0 Å². The molecule has 1 fully saturated rings. The molecule has 1 aliphatic heterocycles. The first kappa shape index (κ1) is 11.3. The summed E-state index contributed by atoms with van der Waals surface area (Å²) in [7, 11) is 2.20. The Hall–Kier alpha value is 0.270. The van der Waals surface area contributed by atoms with E-state index in [0.717, 1.165) is 5.92 Å². The topological polar surface area (TPSA) is 29.3 Å². The van der Waals surface area contributed by atoms with Crippen LogP contribution in [0.2, 0.25) is 0 Å². The van der Waals surface area contributed by atoms with E-state index in [4.69, 9.17) is 5.73 Å². The Balaban J connectivity index is 2.24. The maximum absolute atomic E-state index is 6.16. The molecule has 2 nitrogen and oxygen atoms in total. The number of piperidine rings is 1. The van der Waals surface area contributed by atoms with E-state index in [1.54, 1.807) is 0 Å². The van der Waals surface area contributed by atoms with Gasteiger partial charge in [-0.1, -0.05) is 0 Å². The van der Waals surface area contributed by atoms with Gasteiger partial charge in [0.15, 0.2) is 0 Å². The first-order chi connectivity index (χ1) is 6.24. The molecule has 3 heteroatoms. The fourth-order valence-electron chi connectivity index (χ4n) is 2.05. The van der Waals surface area contributed by atoms with Crippen LogP contribution in [-0.2, 0) is 0 Å². The zero-order valence-electron chi connectivity index (χ0n) is 8.83. The Bertz CT molecular complexity index is 141. The Morgan fingerprint density at radius 2 is 2.38 bits per heavy atom. The molecule has 1 rings (SSSR count). The molecule has 2 unspecified atom stereocenters. The van der Waals surface area contributed by atoms with E-state index >= 15 is 0 Å². The van der Waals surface area contributed by atoms with Gasteiger partial charge in [0.25, 0.3) is 0 Å². The van der Waals surface area contributed by atoms with E-state index in [1.807, 2.05) is 11.8 Å². The van der Waals surface area contributed by atoms with Gasteiger partial charge in [-0.3, -0.25) is 0 Å². The molecule has 0 bridgehead atoms. The summed E-state index contributed by atoms with van der Waals surface area (Å²) in [6, 6.07) is 0.426. The van der Waals surface area contributed by atoms with Crippen LogP contribution in [-0.4, -0.2) is 43.1 Å². The van der Waals surface area contributed by atoms with Crippen LogP contribution in [0.15, 0.2) is 0 Å². The van der Waals surface area contributed by atoms with Crippen LogP contribution in [0.4, 0.5) is 0 Å². The van der Waals surface area contributed by atoms with Gasteiger partial charge in [0, 0.05) is 12.6 Å². The highest BCUT2D eigenvalue weighted by Gasteiger charge is 2.22. The zero-order valence-corrected chi connectivity index (χ0v) is 9.65. The minimum absolute atomic E-state index is 0.426. The van der Waals surface area contributed by atoms with Crippen molar-refractivity contribution >= 4 is 11.8 Å². The number of nitrogens with zero attached hydrogens (tertiary/aromatic N) is 1. The Kier molecular flexibility index (Phi) is 5.14. The minimum atomic E-state index is 0.426. The summed E-state index contributed by atoms with van der Waals surface area (Å²) in [5.41, 5.74) is 6.16. The first-order valence-electron chi connectivity index (χ1n) is 5.17.